The number of nitrogens with one attached hydrogen (secondary N) is 1. The Bertz CT molecular complexity index is 655. The van der Waals surface area contributed by atoms with Gasteiger partial charge in [-0.1, -0.05) is 12.1 Å². The molecule has 0 atom stereocenters. The molecule has 0 bridgehead atoms. The average molecular weight is 329 g/mol. The van der Waals surface area contributed by atoms with Crippen LogP contribution in [0.1, 0.15) is 12.2 Å². The van der Waals surface area contributed by atoms with Crippen LogP contribution in [0.2, 0.25) is 0 Å². The lowest BCUT2D eigenvalue weighted by Crippen LogP contribution is -2.37. The standard InChI is InChI=1S/C18H27N5O/c1-22(2)14-17-20-16-7-4-3-6-15(16)18(21-17)19-8-5-9-23-10-12-24-13-11-23/h3-4,6-7H,5,8-14H2,1-2H3,(H,19,20,21). The van der Waals surface area contributed by atoms with E-state index >= 15 is 0 Å². The lowest BCUT2D eigenvalue weighted by atomic mass is 10.2. The SMILES string of the molecule is CN(C)Cc1nc(NCCCN2CCOCC2)c2ccccc2n1. The van der Waals surface area contributed by atoms with Gasteiger partial charge in [-0.15, -0.1) is 0 Å². The summed E-state index contributed by atoms with van der Waals surface area (Å²) >= 11 is 0. The van der Waals surface area contributed by atoms with E-state index in [0.29, 0.717) is 0 Å². The van der Waals surface area contributed by atoms with Crippen molar-refractivity contribution in [2.45, 2.75) is 13.0 Å². The summed E-state index contributed by atoms with van der Waals surface area (Å²) in [4.78, 5) is 13.9. The van der Waals surface area contributed by atoms with Crippen molar-refractivity contribution >= 4 is 16.7 Å². The highest BCUT2D eigenvalue weighted by Gasteiger charge is 2.10. The minimum Gasteiger partial charge on any atom is -0.379 e. The molecule has 0 saturated carbocycles. The fraction of sp³-hybridized carbons (Fsp3) is 0.556. The maximum absolute atomic E-state index is 5.39. The van der Waals surface area contributed by atoms with Gasteiger partial charge in [0.25, 0.3) is 0 Å². The summed E-state index contributed by atoms with van der Waals surface area (Å²) in [6.45, 7) is 6.57. The predicted molar refractivity (Wildman–Crippen MR) is 97.3 cm³/mol. The minimum atomic E-state index is 0.743. The van der Waals surface area contributed by atoms with Crippen molar-refractivity contribution in [1.82, 2.24) is 19.8 Å². The molecule has 6 nitrogen and oxygen atoms in total. The number of nitrogens with zero attached hydrogens (tertiary/aromatic N) is 4. The number of rotatable bonds is 7. The number of fused-ring (bicyclic) bond motifs is 1. The van der Waals surface area contributed by atoms with Gasteiger partial charge in [0.2, 0.25) is 0 Å². The third-order valence-electron chi connectivity index (χ3n) is 4.15. The van der Waals surface area contributed by atoms with Crippen LogP contribution in [0.5, 0.6) is 0 Å². The smallest absolute Gasteiger partial charge is 0.145 e. The Labute approximate surface area is 143 Å². The molecule has 1 N–H and O–H groups in total. The van der Waals surface area contributed by atoms with E-state index in [0.717, 1.165) is 74.9 Å². The molecule has 0 amide bonds. The van der Waals surface area contributed by atoms with Crippen LogP contribution < -0.4 is 5.32 Å². The second-order valence-electron chi connectivity index (χ2n) is 6.48. The van der Waals surface area contributed by atoms with Gasteiger partial charge < -0.3 is 15.0 Å². The molecule has 1 fully saturated rings. The molecule has 1 aliphatic rings. The van der Waals surface area contributed by atoms with Crippen LogP contribution in [0, 0.1) is 0 Å². The molecule has 0 radical (unpaired) electrons. The number of anilines is 1. The zero-order valence-electron chi connectivity index (χ0n) is 14.7. The second-order valence-corrected chi connectivity index (χ2v) is 6.48. The summed E-state index contributed by atoms with van der Waals surface area (Å²) in [7, 11) is 4.07. The number of hydrogen-bond acceptors (Lipinski definition) is 6. The molecule has 0 unspecified atom stereocenters. The molecule has 1 aromatic heterocycles. The summed E-state index contributed by atoms with van der Waals surface area (Å²) in [6, 6.07) is 8.20. The number of aromatic nitrogens is 2. The van der Waals surface area contributed by atoms with Crippen LogP contribution >= 0.6 is 0 Å². The van der Waals surface area contributed by atoms with E-state index in [9.17, 15) is 0 Å². The third kappa shape index (κ3) is 4.63. The van der Waals surface area contributed by atoms with Crippen LogP contribution in [0.15, 0.2) is 24.3 Å². The van der Waals surface area contributed by atoms with Gasteiger partial charge in [-0.25, -0.2) is 9.97 Å². The van der Waals surface area contributed by atoms with Gasteiger partial charge in [-0.3, -0.25) is 4.90 Å². The topological polar surface area (TPSA) is 53.5 Å². The van der Waals surface area contributed by atoms with Crippen molar-refractivity contribution in [2.75, 3.05) is 58.8 Å². The molecule has 3 rings (SSSR count). The summed E-state index contributed by atoms with van der Waals surface area (Å²) in [5, 5.41) is 4.60. The summed E-state index contributed by atoms with van der Waals surface area (Å²) in [5.41, 5.74) is 1.00. The highest BCUT2D eigenvalue weighted by molar-refractivity contribution is 5.88. The van der Waals surface area contributed by atoms with Crippen molar-refractivity contribution in [3.63, 3.8) is 0 Å². The van der Waals surface area contributed by atoms with Gasteiger partial charge in [0.05, 0.1) is 25.3 Å². The quantitative estimate of drug-likeness (QED) is 0.782. The molecule has 24 heavy (non-hydrogen) atoms. The van der Waals surface area contributed by atoms with Crippen LogP contribution in [-0.2, 0) is 11.3 Å². The monoisotopic (exact) mass is 329 g/mol. The number of morpholine rings is 1. The lowest BCUT2D eigenvalue weighted by Gasteiger charge is -2.26. The van der Waals surface area contributed by atoms with Crippen molar-refractivity contribution in [1.29, 1.82) is 0 Å². The molecule has 6 heteroatoms. The van der Waals surface area contributed by atoms with Crippen molar-refractivity contribution in [3.8, 4) is 0 Å². The largest absolute Gasteiger partial charge is 0.379 e. The zero-order valence-corrected chi connectivity index (χ0v) is 14.7. The van der Waals surface area contributed by atoms with Crippen LogP contribution in [0.4, 0.5) is 5.82 Å². The fourth-order valence-corrected chi connectivity index (χ4v) is 2.95. The molecule has 1 saturated heterocycles. The highest BCUT2D eigenvalue weighted by atomic mass is 16.5. The summed E-state index contributed by atoms with van der Waals surface area (Å²) in [6.07, 6.45) is 1.10. The Morgan fingerprint density at radius 2 is 1.96 bits per heavy atom. The zero-order chi connectivity index (χ0) is 16.8. The molecule has 0 aliphatic carbocycles. The average Bonchev–Trinajstić information content (AvgIpc) is 2.59. The normalized spacial score (nSPS) is 16.0. The van der Waals surface area contributed by atoms with Crippen molar-refractivity contribution < 1.29 is 4.74 Å². The Hall–Kier alpha value is -1.76. The number of ether oxygens (including phenoxy) is 1. The maximum Gasteiger partial charge on any atom is 0.145 e. The van der Waals surface area contributed by atoms with E-state index in [2.05, 4.69) is 32.2 Å². The fourth-order valence-electron chi connectivity index (χ4n) is 2.95. The van der Waals surface area contributed by atoms with Crippen LogP contribution in [0.25, 0.3) is 10.9 Å². The van der Waals surface area contributed by atoms with Crippen LogP contribution in [-0.4, -0.2) is 73.3 Å². The molecule has 130 valence electrons. The first kappa shape index (κ1) is 17.1. The van der Waals surface area contributed by atoms with Gasteiger partial charge in [-0.05, 0) is 39.2 Å². The van der Waals surface area contributed by atoms with E-state index in [1.165, 1.54) is 0 Å². The van der Waals surface area contributed by atoms with E-state index < -0.39 is 0 Å². The second kappa shape index (κ2) is 8.37. The van der Waals surface area contributed by atoms with Crippen molar-refractivity contribution in [3.05, 3.63) is 30.1 Å². The summed E-state index contributed by atoms with van der Waals surface area (Å²) < 4.78 is 5.39. The third-order valence-corrected chi connectivity index (χ3v) is 4.15. The van der Waals surface area contributed by atoms with Gasteiger partial charge in [0.1, 0.15) is 11.6 Å². The summed E-state index contributed by atoms with van der Waals surface area (Å²) in [5.74, 6) is 1.80. The maximum atomic E-state index is 5.39. The Kier molecular flexibility index (Phi) is 5.96. The molecular weight excluding hydrogens is 302 g/mol. The molecule has 2 heterocycles. The van der Waals surface area contributed by atoms with Crippen LogP contribution in [0.3, 0.4) is 0 Å². The van der Waals surface area contributed by atoms with Gasteiger partial charge >= 0.3 is 0 Å². The molecule has 2 aromatic rings. The number of para-hydroxylation sites is 1. The minimum absolute atomic E-state index is 0.743. The molecule has 0 spiro atoms. The Morgan fingerprint density at radius 1 is 1.17 bits per heavy atom. The van der Waals surface area contributed by atoms with E-state index in [1.807, 2.05) is 26.2 Å². The lowest BCUT2D eigenvalue weighted by molar-refractivity contribution is 0.0378. The molecular formula is C18H27N5O. The van der Waals surface area contributed by atoms with Gasteiger partial charge in [-0.2, -0.15) is 0 Å². The number of benzene rings is 1. The predicted octanol–water partition coefficient (Wildman–Crippen LogP) is 1.83. The highest BCUT2D eigenvalue weighted by Crippen LogP contribution is 2.20. The van der Waals surface area contributed by atoms with E-state index in [4.69, 9.17) is 9.72 Å². The first-order chi connectivity index (χ1) is 11.7. The Balaban J connectivity index is 1.63. The van der Waals surface area contributed by atoms with Gasteiger partial charge in [0.15, 0.2) is 0 Å². The number of hydrogen-bond donors (Lipinski definition) is 1. The first-order valence-corrected chi connectivity index (χ1v) is 8.67. The van der Waals surface area contributed by atoms with E-state index in [-0.39, 0.29) is 0 Å². The van der Waals surface area contributed by atoms with Crippen molar-refractivity contribution in [2.24, 2.45) is 0 Å². The first-order valence-electron chi connectivity index (χ1n) is 8.67. The van der Waals surface area contributed by atoms with E-state index in [1.54, 1.807) is 0 Å². The van der Waals surface area contributed by atoms with Gasteiger partial charge in [0, 0.05) is 25.0 Å². The molecule has 1 aromatic carbocycles. The molecule has 1 aliphatic heterocycles. The Morgan fingerprint density at radius 3 is 2.75 bits per heavy atom.